The lowest BCUT2D eigenvalue weighted by Crippen LogP contribution is -2.32. The van der Waals surface area contributed by atoms with Gasteiger partial charge in [-0.15, -0.1) is 0 Å². The van der Waals surface area contributed by atoms with Crippen LogP contribution in [0.25, 0.3) is 0 Å². The van der Waals surface area contributed by atoms with Crippen molar-refractivity contribution >= 4 is 5.97 Å². The fourth-order valence-corrected chi connectivity index (χ4v) is 5.11. The minimum absolute atomic E-state index is 0.0386. The second-order valence-corrected chi connectivity index (χ2v) is 6.84. The van der Waals surface area contributed by atoms with Crippen LogP contribution >= 0.6 is 0 Å². The number of carbonyl (C=O) groups excluding carboxylic acids is 1. The van der Waals surface area contributed by atoms with Gasteiger partial charge >= 0.3 is 5.97 Å². The summed E-state index contributed by atoms with van der Waals surface area (Å²) in [6.07, 6.45) is 7.28. The Morgan fingerprint density at radius 1 is 1.05 bits per heavy atom. The van der Waals surface area contributed by atoms with Crippen molar-refractivity contribution in [1.29, 1.82) is 0 Å². The zero-order chi connectivity index (χ0) is 13.5. The summed E-state index contributed by atoms with van der Waals surface area (Å²) < 4.78 is 5.82. The van der Waals surface area contributed by atoms with E-state index >= 15 is 0 Å². The largest absolute Gasteiger partial charge is 0.462 e. The number of ether oxygens (including phenoxy) is 1. The predicted octanol–water partition coefficient (Wildman–Crippen LogP) is 3.60. The van der Waals surface area contributed by atoms with Gasteiger partial charge in [0.2, 0.25) is 0 Å². The normalized spacial score (nSPS) is 37.9. The van der Waals surface area contributed by atoms with Gasteiger partial charge in [0.05, 0.1) is 6.42 Å². The highest BCUT2D eigenvalue weighted by Crippen LogP contribution is 2.59. The molecule has 3 aliphatic carbocycles. The molecule has 1 aromatic carbocycles. The quantitative estimate of drug-likeness (QED) is 0.784. The van der Waals surface area contributed by atoms with Gasteiger partial charge < -0.3 is 4.74 Å². The first-order valence-corrected chi connectivity index (χ1v) is 8.04. The Bertz CT molecular complexity index is 495. The van der Waals surface area contributed by atoms with Crippen LogP contribution < -0.4 is 0 Å². The third-order valence-corrected chi connectivity index (χ3v) is 5.84. The Morgan fingerprint density at radius 3 is 2.70 bits per heavy atom. The Hall–Kier alpha value is -1.31. The molecule has 0 heterocycles. The summed E-state index contributed by atoms with van der Waals surface area (Å²) in [4.78, 5) is 12.1. The van der Waals surface area contributed by atoms with Crippen LogP contribution in [-0.2, 0) is 16.0 Å². The van der Waals surface area contributed by atoms with Crippen molar-refractivity contribution in [3.63, 3.8) is 0 Å². The smallest absolute Gasteiger partial charge is 0.310 e. The van der Waals surface area contributed by atoms with E-state index in [0.717, 1.165) is 29.7 Å². The van der Waals surface area contributed by atoms with E-state index in [0.29, 0.717) is 12.3 Å². The van der Waals surface area contributed by atoms with Crippen LogP contribution in [0.5, 0.6) is 0 Å². The van der Waals surface area contributed by atoms with E-state index in [1.165, 1.54) is 25.7 Å². The van der Waals surface area contributed by atoms with Crippen LogP contribution in [0.3, 0.4) is 0 Å². The molecule has 0 N–H and O–H groups in total. The maximum Gasteiger partial charge on any atom is 0.310 e. The molecule has 20 heavy (non-hydrogen) atoms. The SMILES string of the molecule is O=C(Cc1ccccc1)O[C@H]1C[C@@H]2C[C@@H]1[C@H]1CCC[C@H]21. The van der Waals surface area contributed by atoms with Crippen LogP contribution in [0, 0.1) is 23.7 Å². The summed E-state index contributed by atoms with van der Waals surface area (Å²) in [5.74, 6) is 3.31. The van der Waals surface area contributed by atoms with Gasteiger partial charge in [-0.3, -0.25) is 4.79 Å². The summed E-state index contributed by atoms with van der Waals surface area (Å²) >= 11 is 0. The molecule has 3 saturated carbocycles. The van der Waals surface area contributed by atoms with Gasteiger partial charge in [-0.25, -0.2) is 0 Å². The van der Waals surface area contributed by atoms with Crippen molar-refractivity contribution in [3.8, 4) is 0 Å². The highest BCUT2D eigenvalue weighted by atomic mass is 16.5. The predicted molar refractivity (Wildman–Crippen MR) is 77.1 cm³/mol. The molecule has 2 bridgehead atoms. The van der Waals surface area contributed by atoms with Gasteiger partial charge in [0, 0.05) is 0 Å². The van der Waals surface area contributed by atoms with E-state index in [9.17, 15) is 4.79 Å². The zero-order valence-corrected chi connectivity index (χ0v) is 11.8. The van der Waals surface area contributed by atoms with Crippen LogP contribution in [0.2, 0.25) is 0 Å². The van der Waals surface area contributed by atoms with E-state index in [1.54, 1.807) is 0 Å². The number of esters is 1. The molecule has 3 aliphatic rings. The third kappa shape index (κ3) is 2.06. The molecular formula is C18H22O2. The van der Waals surface area contributed by atoms with Gasteiger partial charge in [0.1, 0.15) is 6.10 Å². The van der Waals surface area contributed by atoms with Gasteiger partial charge in [-0.1, -0.05) is 36.8 Å². The number of rotatable bonds is 3. The van der Waals surface area contributed by atoms with Gasteiger partial charge in [0.15, 0.2) is 0 Å². The maximum atomic E-state index is 12.1. The maximum absolute atomic E-state index is 12.1. The molecule has 2 nitrogen and oxygen atoms in total. The highest BCUT2D eigenvalue weighted by molar-refractivity contribution is 5.72. The fourth-order valence-electron chi connectivity index (χ4n) is 5.11. The Morgan fingerprint density at radius 2 is 1.85 bits per heavy atom. The molecule has 1 aromatic rings. The first-order chi connectivity index (χ1) is 9.81. The van der Waals surface area contributed by atoms with Crippen LogP contribution in [0.15, 0.2) is 30.3 Å². The Balaban J connectivity index is 1.37. The molecule has 0 unspecified atom stereocenters. The summed E-state index contributed by atoms with van der Waals surface area (Å²) in [5, 5.41) is 0. The summed E-state index contributed by atoms with van der Waals surface area (Å²) in [6.45, 7) is 0. The number of hydrogen-bond acceptors (Lipinski definition) is 2. The lowest BCUT2D eigenvalue weighted by atomic mass is 9.80. The molecule has 0 radical (unpaired) electrons. The number of fused-ring (bicyclic) bond motifs is 5. The van der Waals surface area contributed by atoms with Crippen molar-refractivity contribution in [2.45, 2.75) is 44.6 Å². The second kappa shape index (κ2) is 4.91. The molecule has 0 spiro atoms. The average Bonchev–Trinajstić information content (AvgIpc) is 3.11. The van der Waals surface area contributed by atoms with Gasteiger partial charge in [-0.2, -0.15) is 0 Å². The van der Waals surface area contributed by atoms with E-state index in [2.05, 4.69) is 0 Å². The molecule has 5 atom stereocenters. The third-order valence-electron chi connectivity index (χ3n) is 5.84. The van der Waals surface area contributed by atoms with E-state index < -0.39 is 0 Å². The first kappa shape index (κ1) is 12.4. The molecule has 106 valence electrons. The lowest BCUT2D eigenvalue weighted by molar-refractivity contribution is -0.152. The molecular weight excluding hydrogens is 248 g/mol. The number of hydrogen-bond donors (Lipinski definition) is 0. The summed E-state index contributed by atoms with van der Waals surface area (Å²) in [7, 11) is 0. The highest BCUT2D eigenvalue weighted by Gasteiger charge is 2.55. The molecule has 4 rings (SSSR count). The molecule has 0 amide bonds. The number of carbonyl (C=O) groups is 1. The first-order valence-electron chi connectivity index (χ1n) is 8.04. The Kier molecular flexibility index (Phi) is 3.05. The van der Waals surface area contributed by atoms with Gasteiger partial charge in [-0.05, 0) is 54.9 Å². The monoisotopic (exact) mass is 270 g/mol. The minimum atomic E-state index is -0.0386. The van der Waals surface area contributed by atoms with Crippen molar-refractivity contribution in [2.24, 2.45) is 23.7 Å². The minimum Gasteiger partial charge on any atom is -0.462 e. The average molecular weight is 270 g/mol. The molecule has 0 aromatic heterocycles. The van der Waals surface area contributed by atoms with E-state index in [-0.39, 0.29) is 12.1 Å². The van der Waals surface area contributed by atoms with E-state index in [1.807, 2.05) is 30.3 Å². The Labute approximate surface area is 120 Å². The molecule has 0 aliphatic heterocycles. The van der Waals surface area contributed by atoms with Crippen molar-refractivity contribution < 1.29 is 9.53 Å². The second-order valence-electron chi connectivity index (χ2n) is 6.84. The van der Waals surface area contributed by atoms with Crippen molar-refractivity contribution in [3.05, 3.63) is 35.9 Å². The van der Waals surface area contributed by atoms with Crippen LogP contribution in [0.4, 0.5) is 0 Å². The number of benzene rings is 1. The fraction of sp³-hybridized carbons (Fsp3) is 0.611. The van der Waals surface area contributed by atoms with Crippen molar-refractivity contribution in [2.75, 3.05) is 0 Å². The van der Waals surface area contributed by atoms with Gasteiger partial charge in [0.25, 0.3) is 0 Å². The lowest BCUT2D eigenvalue weighted by Gasteiger charge is -2.31. The molecule has 0 saturated heterocycles. The van der Waals surface area contributed by atoms with Crippen LogP contribution in [-0.4, -0.2) is 12.1 Å². The standard InChI is InChI=1S/C18H22O2/c19-18(9-12-5-2-1-3-6-12)20-17-11-13-10-16(17)15-8-4-7-14(13)15/h1-3,5-6,13-17H,4,7-11H2/t13-,14+,15-,16+,17-/m0/s1. The molecule has 3 fully saturated rings. The summed E-state index contributed by atoms with van der Waals surface area (Å²) in [5.41, 5.74) is 1.05. The molecule has 2 heteroatoms. The van der Waals surface area contributed by atoms with Crippen molar-refractivity contribution in [1.82, 2.24) is 0 Å². The topological polar surface area (TPSA) is 26.3 Å². The van der Waals surface area contributed by atoms with Crippen LogP contribution in [0.1, 0.15) is 37.7 Å². The van der Waals surface area contributed by atoms with E-state index in [4.69, 9.17) is 4.74 Å². The summed E-state index contributed by atoms with van der Waals surface area (Å²) in [6, 6.07) is 9.92. The zero-order valence-electron chi connectivity index (χ0n) is 11.8.